The van der Waals surface area contributed by atoms with Gasteiger partial charge in [-0.25, -0.2) is 8.42 Å². The van der Waals surface area contributed by atoms with Crippen LogP contribution in [-0.4, -0.2) is 20.8 Å². The Morgan fingerprint density at radius 3 is 2.40 bits per heavy atom. The van der Waals surface area contributed by atoms with Gasteiger partial charge in [0.2, 0.25) is 9.05 Å². The lowest BCUT2D eigenvalue weighted by molar-refractivity contribution is 0.200. The van der Waals surface area contributed by atoms with Crippen molar-refractivity contribution in [3.63, 3.8) is 0 Å². The van der Waals surface area contributed by atoms with Crippen molar-refractivity contribution in [2.45, 2.75) is 13.8 Å². The molecular formula is C15H17ClO3S. The summed E-state index contributed by atoms with van der Waals surface area (Å²) in [6, 6.07) is 13.8. The highest BCUT2D eigenvalue weighted by atomic mass is 35.7. The van der Waals surface area contributed by atoms with Crippen molar-refractivity contribution in [3.8, 4) is 5.75 Å². The third kappa shape index (κ3) is 4.39. The predicted octanol–water partition coefficient (Wildman–Crippen LogP) is 3.81. The summed E-state index contributed by atoms with van der Waals surface area (Å²) in [5.41, 5.74) is -0.535. The second-order valence-corrected chi connectivity index (χ2v) is 8.42. The Balaban J connectivity index is 2.09. The van der Waals surface area contributed by atoms with E-state index >= 15 is 0 Å². The minimum absolute atomic E-state index is 0.116. The van der Waals surface area contributed by atoms with Crippen LogP contribution in [0.2, 0.25) is 0 Å². The van der Waals surface area contributed by atoms with Gasteiger partial charge < -0.3 is 4.74 Å². The van der Waals surface area contributed by atoms with E-state index in [2.05, 4.69) is 0 Å². The SMILES string of the molecule is CC(C)(COc1ccc2ccccc2c1)CS(=O)(=O)Cl. The van der Waals surface area contributed by atoms with Crippen molar-refractivity contribution in [2.24, 2.45) is 5.41 Å². The molecule has 0 spiro atoms. The minimum atomic E-state index is -3.53. The van der Waals surface area contributed by atoms with Gasteiger partial charge in [-0.05, 0) is 22.9 Å². The molecule has 0 N–H and O–H groups in total. The van der Waals surface area contributed by atoms with Gasteiger partial charge in [0.05, 0.1) is 12.4 Å². The first-order valence-electron chi connectivity index (χ1n) is 6.29. The molecule has 0 aliphatic carbocycles. The summed E-state index contributed by atoms with van der Waals surface area (Å²) in [5, 5.41) is 2.23. The zero-order chi connectivity index (χ0) is 14.8. The van der Waals surface area contributed by atoms with Crippen LogP contribution in [0.5, 0.6) is 5.75 Å². The quantitative estimate of drug-likeness (QED) is 0.788. The lowest BCUT2D eigenvalue weighted by Crippen LogP contribution is -2.28. The highest BCUT2D eigenvalue weighted by Gasteiger charge is 2.25. The third-order valence-corrected chi connectivity index (χ3v) is 4.37. The molecule has 0 heterocycles. The summed E-state index contributed by atoms with van der Waals surface area (Å²) in [5.74, 6) is 0.610. The van der Waals surface area contributed by atoms with Crippen LogP contribution in [0.3, 0.4) is 0 Å². The van der Waals surface area contributed by atoms with Gasteiger partial charge in [0.15, 0.2) is 0 Å². The average molecular weight is 313 g/mol. The molecule has 0 saturated carbocycles. The summed E-state index contributed by atoms with van der Waals surface area (Å²) in [4.78, 5) is 0. The van der Waals surface area contributed by atoms with Crippen LogP contribution in [0, 0.1) is 5.41 Å². The van der Waals surface area contributed by atoms with Crippen LogP contribution >= 0.6 is 10.7 Å². The molecule has 0 saturated heterocycles. The standard InChI is InChI=1S/C15H17ClO3S/c1-15(2,11-20(16,17)18)10-19-14-8-7-12-5-3-4-6-13(12)9-14/h3-9H,10-11H2,1-2H3. The fraction of sp³-hybridized carbons (Fsp3) is 0.333. The van der Waals surface area contributed by atoms with E-state index in [-0.39, 0.29) is 12.4 Å². The van der Waals surface area contributed by atoms with E-state index < -0.39 is 14.5 Å². The molecule has 0 unspecified atom stereocenters. The summed E-state index contributed by atoms with van der Waals surface area (Å²) >= 11 is 0. The van der Waals surface area contributed by atoms with Crippen LogP contribution in [-0.2, 0) is 9.05 Å². The van der Waals surface area contributed by atoms with Gasteiger partial charge in [0.25, 0.3) is 0 Å². The molecule has 5 heteroatoms. The van der Waals surface area contributed by atoms with Crippen LogP contribution < -0.4 is 4.74 Å². The Morgan fingerprint density at radius 1 is 1.10 bits per heavy atom. The molecule has 2 rings (SSSR count). The third-order valence-electron chi connectivity index (χ3n) is 2.91. The van der Waals surface area contributed by atoms with Crippen molar-refractivity contribution in [3.05, 3.63) is 42.5 Å². The second kappa shape index (κ2) is 5.62. The maximum Gasteiger partial charge on any atom is 0.233 e. The summed E-state index contributed by atoms with van der Waals surface area (Å²) in [6.07, 6.45) is 0. The predicted molar refractivity (Wildman–Crippen MR) is 82.9 cm³/mol. The average Bonchev–Trinajstić information content (AvgIpc) is 2.33. The molecule has 0 aliphatic heterocycles. The Morgan fingerprint density at radius 2 is 1.75 bits per heavy atom. The van der Waals surface area contributed by atoms with Crippen molar-refractivity contribution in [1.29, 1.82) is 0 Å². The summed E-state index contributed by atoms with van der Waals surface area (Å²) in [7, 11) is 1.77. The van der Waals surface area contributed by atoms with Gasteiger partial charge in [-0.1, -0.05) is 44.2 Å². The molecule has 0 aromatic heterocycles. The second-order valence-electron chi connectivity index (χ2n) is 5.65. The first-order chi connectivity index (χ1) is 9.25. The van der Waals surface area contributed by atoms with E-state index in [1.165, 1.54) is 0 Å². The van der Waals surface area contributed by atoms with Gasteiger partial charge in [-0.3, -0.25) is 0 Å². The van der Waals surface area contributed by atoms with Gasteiger partial charge in [0, 0.05) is 16.1 Å². The zero-order valence-corrected chi connectivity index (χ0v) is 13.0. The summed E-state index contributed by atoms with van der Waals surface area (Å²) in [6.45, 7) is 3.92. The molecule has 0 fully saturated rings. The van der Waals surface area contributed by atoms with Crippen LogP contribution in [0.1, 0.15) is 13.8 Å². The van der Waals surface area contributed by atoms with E-state index in [1.54, 1.807) is 0 Å². The van der Waals surface area contributed by atoms with Crippen molar-refractivity contribution >= 4 is 30.5 Å². The normalized spacial score (nSPS) is 12.6. The molecule has 0 aliphatic rings. The van der Waals surface area contributed by atoms with Crippen LogP contribution in [0.4, 0.5) is 0 Å². The smallest absolute Gasteiger partial charge is 0.233 e. The molecule has 3 nitrogen and oxygen atoms in total. The van der Waals surface area contributed by atoms with Gasteiger partial charge in [0.1, 0.15) is 5.75 Å². The highest BCUT2D eigenvalue weighted by Crippen LogP contribution is 2.25. The topological polar surface area (TPSA) is 43.4 Å². The number of hydrogen-bond donors (Lipinski definition) is 0. The number of fused-ring (bicyclic) bond motifs is 1. The minimum Gasteiger partial charge on any atom is -0.493 e. The van der Waals surface area contributed by atoms with Crippen molar-refractivity contribution in [2.75, 3.05) is 12.4 Å². The van der Waals surface area contributed by atoms with E-state index in [9.17, 15) is 8.42 Å². The van der Waals surface area contributed by atoms with E-state index in [0.29, 0.717) is 0 Å². The largest absolute Gasteiger partial charge is 0.493 e. The van der Waals surface area contributed by atoms with E-state index in [1.807, 2.05) is 56.3 Å². The first kappa shape index (κ1) is 15.1. The molecule has 2 aromatic carbocycles. The fourth-order valence-electron chi connectivity index (χ4n) is 2.04. The van der Waals surface area contributed by atoms with Gasteiger partial charge in [-0.15, -0.1) is 0 Å². The summed E-state index contributed by atoms with van der Waals surface area (Å²) < 4.78 is 28.0. The zero-order valence-electron chi connectivity index (χ0n) is 11.5. The van der Waals surface area contributed by atoms with Gasteiger partial charge in [-0.2, -0.15) is 0 Å². The number of ether oxygens (including phenoxy) is 1. The Hall–Kier alpha value is -1.26. The number of rotatable bonds is 5. The molecule has 0 bridgehead atoms. The van der Waals surface area contributed by atoms with E-state index in [4.69, 9.17) is 15.4 Å². The Labute approximate surface area is 123 Å². The molecule has 0 radical (unpaired) electrons. The molecule has 2 aromatic rings. The highest BCUT2D eigenvalue weighted by molar-refractivity contribution is 8.13. The molecule has 0 amide bonds. The van der Waals surface area contributed by atoms with Crippen LogP contribution in [0.15, 0.2) is 42.5 Å². The molecule has 0 atom stereocenters. The van der Waals surface area contributed by atoms with E-state index in [0.717, 1.165) is 16.5 Å². The number of halogens is 1. The Bertz CT molecular complexity index is 708. The van der Waals surface area contributed by atoms with Crippen molar-refractivity contribution in [1.82, 2.24) is 0 Å². The van der Waals surface area contributed by atoms with Crippen LogP contribution in [0.25, 0.3) is 10.8 Å². The number of hydrogen-bond acceptors (Lipinski definition) is 3. The molecular weight excluding hydrogens is 296 g/mol. The monoisotopic (exact) mass is 312 g/mol. The van der Waals surface area contributed by atoms with Crippen molar-refractivity contribution < 1.29 is 13.2 Å². The number of benzene rings is 2. The molecule has 108 valence electrons. The van der Waals surface area contributed by atoms with Gasteiger partial charge >= 0.3 is 0 Å². The lowest BCUT2D eigenvalue weighted by atomic mass is 9.98. The first-order valence-corrected chi connectivity index (χ1v) is 8.77. The maximum atomic E-state index is 11.1. The lowest BCUT2D eigenvalue weighted by Gasteiger charge is -2.23. The maximum absolute atomic E-state index is 11.1. The molecule has 20 heavy (non-hydrogen) atoms. The Kier molecular flexibility index (Phi) is 4.25. The fourth-order valence-corrected chi connectivity index (χ4v) is 3.95.